The molecule has 1 fully saturated rings. The number of para-hydroxylation sites is 1. The van der Waals surface area contributed by atoms with Gasteiger partial charge < -0.3 is 25.0 Å². The van der Waals surface area contributed by atoms with Crippen LogP contribution in [0.25, 0.3) is 16.8 Å². The molecule has 5 rings (SSSR count). The van der Waals surface area contributed by atoms with Crippen molar-refractivity contribution >= 4 is 17.2 Å². The number of nitrogens with zero attached hydrogens (tertiary/aromatic N) is 4. The third-order valence-electron chi connectivity index (χ3n) is 6.03. The molecule has 34 heavy (non-hydrogen) atoms. The van der Waals surface area contributed by atoms with Crippen molar-refractivity contribution in [1.29, 1.82) is 0 Å². The Morgan fingerprint density at radius 2 is 1.74 bits per heavy atom. The average molecular weight is 462 g/mol. The Morgan fingerprint density at radius 1 is 0.971 bits per heavy atom. The normalized spacial score (nSPS) is 18.4. The van der Waals surface area contributed by atoms with E-state index < -0.39 is 12.2 Å². The van der Waals surface area contributed by atoms with Crippen LogP contribution in [0.3, 0.4) is 0 Å². The summed E-state index contributed by atoms with van der Waals surface area (Å²) < 4.78 is 13.0. The highest BCUT2D eigenvalue weighted by atomic mass is 16.5. The van der Waals surface area contributed by atoms with Gasteiger partial charge in [-0.2, -0.15) is 0 Å². The number of fused-ring (bicyclic) bond motifs is 1. The van der Waals surface area contributed by atoms with Gasteiger partial charge in [0.25, 0.3) is 0 Å². The van der Waals surface area contributed by atoms with Gasteiger partial charge in [-0.1, -0.05) is 18.2 Å². The highest BCUT2D eigenvalue weighted by Gasteiger charge is 2.29. The molecule has 0 radical (unpaired) electrons. The summed E-state index contributed by atoms with van der Waals surface area (Å²) in [5.74, 6) is 1.85. The molecule has 0 bridgehead atoms. The van der Waals surface area contributed by atoms with E-state index in [9.17, 15) is 10.2 Å². The summed E-state index contributed by atoms with van der Waals surface area (Å²) in [6.07, 6.45) is 0.354. The molecule has 0 spiro atoms. The molecule has 176 valence electrons. The smallest absolute Gasteiger partial charge is 0.245 e. The zero-order valence-corrected chi connectivity index (χ0v) is 19.0. The third-order valence-corrected chi connectivity index (χ3v) is 6.03. The van der Waals surface area contributed by atoms with Crippen LogP contribution in [0.5, 0.6) is 11.5 Å². The fourth-order valence-corrected chi connectivity index (χ4v) is 4.31. The number of hydrogen-bond donors (Lipinski definition) is 3. The van der Waals surface area contributed by atoms with E-state index in [0.717, 1.165) is 33.8 Å². The van der Waals surface area contributed by atoms with Gasteiger partial charge in [-0.05, 0) is 42.0 Å². The van der Waals surface area contributed by atoms with E-state index in [2.05, 4.69) is 10.3 Å². The molecule has 1 saturated heterocycles. The summed E-state index contributed by atoms with van der Waals surface area (Å²) in [4.78, 5) is 6.47. The third kappa shape index (κ3) is 4.28. The maximum absolute atomic E-state index is 9.79. The molecule has 0 amide bonds. The summed E-state index contributed by atoms with van der Waals surface area (Å²) in [6, 6.07) is 17.6. The van der Waals surface area contributed by atoms with Gasteiger partial charge in [0, 0.05) is 25.2 Å². The summed E-state index contributed by atoms with van der Waals surface area (Å²) in [7, 11) is 3.27. The maximum Gasteiger partial charge on any atom is 0.245 e. The minimum Gasteiger partial charge on any atom is -0.496 e. The van der Waals surface area contributed by atoms with Gasteiger partial charge in [0.1, 0.15) is 11.5 Å². The van der Waals surface area contributed by atoms with Gasteiger partial charge in [-0.3, -0.25) is 4.90 Å². The second kappa shape index (κ2) is 9.30. The topological polar surface area (TPSA) is 104 Å². The van der Waals surface area contributed by atoms with Crippen molar-refractivity contribution in [1.82, 2.24) is 19.5 Å². The van der Waals surface area contributed by atoms with Gasteiger partial charge in [0.15, 0.2) is 0 Å². The molecule has 0 unspecified atom stereocenters. The van der Waals surface area contributed by atoms with E-state index in [0.29, 0.717) is 31.3 Å². The van der Waals surface area contributed by atoms with E-state index in [1.54, 1.807) is 20.4 Å². The average Bonchev–Trinajstić information content (AvgIpc) is 3.41. The first-order valence-corrected chi connectivity index (χ1v) is 11.1. The Hall–Kier alpha value is -3.66. The van der Waals surface area contributed by atoms with Crippen LogP contribution in [0.1, 0.15) is 5.56 Å². The number of ether oxygens (including phenoxy) is 2. The van der Waals surface area contributed by atoms with Crippen molar-refractivity contribution < 1.29 is 19.7 Å². The van der Waals surface area contributed by atoms with Gasteiger partial charge in [-0.15, -0.1) is 5.10 Å². The molecule has 0 aliphatic carbocycles. The van der Waals surface area contributed by atoms with Gasteiger partial charge in [0.2, 0.25) is 5.95 Å². The van der Waals surface area contributed by atoms with E-state index >= 15 is 0 Å². The molecule has 2 aromatic carbocycles. The Morgan fingerprint density at radius 3 is 2.50 bits per heavy atom. The number of aliphatic hydroxyl groups excluding tert-OH is 2. The van der Waals surface area contributed by atoms with Crippen molar-refractivity contribution in [3.05, 3.63) is 66.4 Å². The van der Waals surface area contributed by atoms with Crippen molar-refractivity contribution in [3.63, 3.8) is 0 Å². The van der Waals surface area contributed by atoms with Crippen molar-refractivity contribution in [2.45, 2.75) is 18.8 Å². The van der Waals surface area contributed by atoms with Crippen LogP contribution in [0.4, 0.5) is 11.6 Å². The van der Waals surface area contributed by atoms with Gasteiger partial charge in [-0.25, -0.2) is 9.50 Å². The summed E-state index contributed by atoms with van der Waals surface area (Å²) in [5, 5.41) is 27.5. The number of likely N-dealkylation sites (tertiary alicyclic amines) is 1. The van der Waals surface area contributed by atoms with E-state index in [1.807, 2.05) is 64.0 Å². The number of methoxy groups -OCH3 is 2. The molecule has 2 atom stereocenters. The Balaban J connectivity index is 1.40. The summed E-state index contributed by atoms with van der Waals surface area (Å²) in [5.41, 5.74) is 4.45. The zero-order chi connectivity index (χ0) is 23.7. The van der Waals surface area contributed by atoms with Crippen LogP contribution in [0, 0.1) is 0 Å². The number of aromatic nitrogens is 3. The quantitative estimate of drug-likeness (QED) is 0.386. The monoisotopic (exact) mass is 461 g/mol. The van der Waals surface area contributed by atoms with Crippen molar-refractivity contribution in [2.75, 3.05) is 32.6 Å². The van der Waals surface area contributed by atoms with Crippen LogP contribution in [-0.4, -0.2) is 69.2 Å². The first kappa shape index (κ1) is 22.1. The summed E-state index contributed by atoms with van der Waals surface area (Å²) >= 11 is 0. The molecular formula is C25H27N5O4. The minimum absolute atomic E-state index is 0.427. The van der Waals surface area contributed by atoms with E-state index in [4.69, 9.17) is 14.6 Å². The van der Waals surface area contributed by atoms with Crippen molar-refractivity contribution in [2.24, 2.45) is 0 Å². The fraction of sp³-hybridized carbons (Fsp3) is 0.280. The first-order valence-electron chi connectivity index (χ1n) is 11.1. The highest BCUT2D eigenvalue weighted by molar-refractivity contribution is 5.72. The lowest BCUT2D eigenvalue weighted by Crippen LogP contribution is -2.22. The second-order valence-electron chi connectivity index (χ2n) is 8.33. The first-order chi connectivity index (χ1) is 16.6. The molecule has 9 heteroatoms. The predicted octanol–water partition coefficient (Wildman–Crippen LogP) is 2.69. The van der Waals surface area contributed by atoms with E-state index in [-0.39, 0.29) is 0 Å². The maximum atomic E-state index is 9.79. The summed E-state index contributed by atoms with van der Waals surface area (Å²) in [6.45, 7) is 1.50. The lowest BCUT2D eigenvalue weighted by molar-refractivity contribution is 0.0572. The zero-order valence-electron chi connectivity index (χ0n) is 19.0. The molecule has 3 heterocycles. The highest BCUT2D eigenvalue weighted by Crippen LogP contribution is 2.32. The number of β-amino-alcohol motifs (C(OH)–C–C–N with tert-alkyl or cyclic N) is 2. The number of hydrogen-bond acceptors (Lipinski definition) is 8. The molecule has 9 nitrogen and oxygen atoms in total. The SMILES string of the molecule is COc1cc(CN2C[C@@H](O)[C@H](O)C2)ccc1Nc1ncc2ccc(-c3ccccc3OC)n2n1. The number of benzene rings is 2. The van der Waals surface area contributed by atoms with Gasteiger partial charge in [0.05, 0.1) is 49.5 Å². The largest absolute Gasteiger partial charge is 0.496 e. The van der Waals surface area contributed by atoms with Gasteiger partial charge >= 0.3 is 0 Å². The lowest BCUT2D eigenvalue weighted by atomic mass is 10.1. The number of rotatable bonds is 7. The van der Waals surface area contributed by atoms with Crippen LogP contribution in [0.15, 0.2) is 60.8 Å². The van der Waals surface area contributed by atoms with Crippen molar-refractivity contribution in [3.8, 4) is 22.8 Å². The van der Waals surface area contributed by atoms with Crippen LogP contribution in [0.2, 0.25) is 0 Å². The molecule has 1 aliphatic rings. The Labute approximate surface area is 197 Å². The second-order valence-corrected chi connectivity index (χ2v) is 8.33. The number of nitrogens with one attached hydrogen (secondary N) is 1. The minimum atomic E-state index is -0.704. The molecule has 3 N–H and O–H groups in total. The van der Waals surface area contributed by atoms with Crippen LogP contribution >= 0.6 is 0 Å². The van der Waals surface area contributed by atoms with Crippen LogP contribution in [-0.2, 0) is 6.54 Å². The molecule has 1 aliphatic heterocycles. The molecule has 0 saturated carbocycles. The number of aliphatic hydroxyl groups is 2. The standard InChI is InChI=1S/C25H27N5O4/c1-33-23-6-4-3-5-18(23)20-10-8-17-12-26-25(28-30(17)20)27-19-9-7-16(11-24(19)34-2)13-29-14-21(31)22(32)15-29/h3-12,21-22,31-32H,13-15H2,1-2H3,(H,27,28)/t21-,22-/m1/s1. The Bertz CT molecular complexity index is 1300. The Kier molecular flexibility index (Phi) is 6.06. The predicted molar refractivity (Wildman–Crippen MR) is 129 cm³/mol. The lowest BCUT2D eigenvalue weighted by Gasteiger charge is -2.17. The molecule has 2 aromatic heterocycles. The molecule has 4 aromatic rings. The van der Waals surface area contributed by atoms with Crippen LogP contribution < -0.4 is 14.8 Å². The fourth-order valence-electron chi connectivity index (χ4n) is 4.31. The molecular weight excluding hydrogens is 434 g/mol. The number of anilines is 2. The van der Waals surface area contributed by atoms with E-state index in [1.165, 1.54) is 0 Å².